The fourth-order valence-electron chi connectivity index (χ4n) is 9.63. The molecule has 0 saturated heterocycles. The average molecular weight is 933 g/mol. The Bertz CT molecular complexity index is 2280. The molecular weight excluding hydrogens is 866 g/mol. The molecule has 10 radical (unpaired) electrons. The van der Waals surface area contributed by atoms with Gasteiger partial charge < -0.3 is 9.80 Å². The normalized spacial score (nSPS) is 16.0. The molecule has 0 bridgehead atoms. The topological polar surface area (TPSA) is 6.48 Å². The van der Waals surface area contributed by atoms with Crippen molar-refractivity contribution < 1.29 is 17.1 Å². The molecule has 6 aromatic rings. The third-order valence-corrected chi connectivity index (χ3v) is 16.6. The third kappa shape index (κ3) is 12.8. The summed E-state index contributed by atoms with van der Waals surface area (Å²) >= 11 is 0. The summed E-state index contributed by atoms with van der Waals surface area (Å²) in [6, 6.07) is 50.3. The molecule has 65 heavy (non-hydrogen) atoms. The zero-order chi connectivity index (χ0) is 45.7. The van der Waals surface area contributed by atoms with Gasteiger partial charge in [0, 0.05) is 52.3 Å². The zero-order valence-corrected chi connectivity index (χ0v) is 43.4. The van der Waals surface area contributed by atoms with Crippen LogP contribution in [0.1, 0.15) is 67.7 Å². The van der Waals surface area contributed by atoms with Gasteiger partial charge in [0.1, 0.15) is 0 Å². The first kappa shape index (κ1) is 51.0. The van der Waals surface area contributed by atoms with Crippen LogP contribution in [0, 0.1) is 117 Å². The van der Waals surface area contributed by atoms with E-state index in [0.717, 1.165) is 0 Å². The Morgan fingerprint density at radius 3 is 1.11 bits per heavy atom. The van der Waals surface area contributed by atoms with E-state index >= 15 is 0 Å². The minimum atomic E-state index is -0.669. The van der Waals surface area contributed by atoms with Crippen molar-refractivity contribution in [2.75, 3.05) is 28.2 Å². The maximum Gasteiger partial charge on any atom is 0.0417 e. The molecule has 0 unspecified atom stereocenters. The SMILES string of the molecule is Cc1cc(C)cc(P([C]2[CH][CH][CH][C]2[C@H](c2ccccc2)N(C)C)c2cc(C)cc(C)c2)c1.Cc1cc(C)cc(P([C]2[CH][CH][C]([C@H](c3ccccc3)N(C)C)[CH]2)c2cc(C)cc(C)c2)c1.[Fe]. The first-order valence-electron chi connectivity index (χ1n) is 22.5. The van der Waals surface area contributed by atoms with E-state index in [-0.39, 0.29) is 29.2 Å². The van der Waals surface area contributed by atoms with Crippen LogP contribution in [-0.2, 0) is 17.1 Å². The Labute approximate surface area is 408 Å². The minimum Gasteiger partial charge on any atom is -0.302 e. The molecule has 2 atom stereocenters. The van der Waals surface area contributed by atoms with Crippen LogP contribution in [0.15, 0.2) is 133 Å². The molecule has 0 aliphatic heterocycles. The standard InChI is InChI=1S/2C30H33NP.Fe/c1-21-15-22(2)18-26(17-21)32(27-19-23(3)16-24(4)20-27)29-14-10-13-28(29)30(31(5)6)25-11-8-7-9-12-25;1-21-14-22(2)17-28(16-21)32(29-18-23(3)15-24(4)19-29)27-13-12-26(20-27)30(31(5)6)25-10-8-7-9-11-25;/h2*7-20,30H,1-6H3;/t2*30-;/m00./s1. The van der Waals surface area contributed by atoms with E-state index in [1.165, 1.54) is 100 Å². The molecule has 8 rings (SSSR count). The summed E-state index contributed by atoms with van der Waals surface area (Å²) in [5, 5.41) is 5.72. The van der Waals surface area contributed by atoms with Crippen molar-refractivity contribution in [1.82, 2.24) is 9.80 Å². The Kier molecular flexibility index (Phi) is 18.1. The van der Waals surface area contributed by atoms with Gasteiger partial charge in [0.05, 0.1) is 0 Å². The minimum absolute atomic E-state index is 0. The molecule has 0 aromatic heterocycles. The van der Waals surface area contributed by atoms with Crippen molar-refractivity contribution in [2.45, 2.75) is 67.5 Å². The molecule has 2 aliphatic rings. The van der Waals surface area contributed by atoms with E-state index in [1.54, 1.807) is 0 Å². The van der Waals surface area contributed by atoms with Crippen LogP contribution in [0.3, 0.4) is 0 Å². The third-order valence-electron chi connectivity index (χ3n) is 11.8. The molecular formula is C60H66FeN2P2. The predicted molar refractivity (Wildman–Crippen MR) is 281 cm³/mol. The Hall–Kier alpha value is -3.38. The fraction of sp³-hybridized carbons (Fsp3) is 0.233. The summed E-state index contributed by atoms with van der Waals surface area (Å²) < 4.78 is 0. The average Bonchev–Trinajstić information content (AvgIpc) is 3.88. The molecule has 6 aromatic carbocycles. The molecule has 0 amide bonds. The van der Waals surface area contributed by atoms with Gasteiger partial charge in [-0.15, -0.1) is 0 Å². The van der Waals surface area contributed by atoms with Gasteiger partial charge in [0.2, 0.25) is 0 Å². The van der Waals surface area contributed by atoms with E-state index in [1.807, 2.05) is 0 Å². The van der Waals surface area contributed by atoms with Gasteiger partial charge in [0.25, 0.3) is 0 Å². The number of hydrogen-bond acceptors (Lipinski definition) is 2. The van der Waals surface area contributed by atoms with Gasteiger partial charge in [-0.3, -0.25) is 0 Å². The maximum absolute atomic E-state index is 2.44. The molecule has 0 N–H and O–H groups in total. The zero-order valence-electron chi connectivity index (χ0n) is 40.5. The van der Waals surface area contributed by atoms with Crippen molar-refractivity contribution in [1.29, 1.82) is 0 Å². The molecule has 5 heteroatoms. The molecule has 334 valence electrons. The van der Waals surface area contributed by atoms with Crippen molar-refractivity contribution in [2.24, 2.45) is 0 Å². The largest absolute Gasteiger partial charge is 0.302 e. The number of hydrogen-bond donors (Lipinski definition) is 0. The number of rotatable bonds is 12. The molecule has 2 saturated carbocycles. The van der Waals surface area contributed by atoms with E-state index in [9.17, 15) is 0 Å². The van der Waals surface area contributed by atoms with Gasteiger partial charge in [-0.1, -0.05) is 178 Å². The van der Waals surface area contributed by atoms with Gasteiger partial charge in [0.15, 0.2) is 0 Å². The van der Waals surface area contributed by atoms with Crippen LogP contribution in [0.4, 0.5) is 0 Å². The van der Waals surface area contributed by atoms with E-state index in [0.29, 0.717) is 0 Å². The van der Waals surface area contributed by atoms with Crippen LogP contribution in [0.2, 0.25) is 0 Å². The molecule has 2 aliphatic carbocycles. The Morgan fingerprint density at radius 1 is 0.385 bits per heavy atom. The van der Waals surface area contributed by atoms with E-state index in [2.05, 4.69) is 265 Å². The number of nitrogens with zero attached hydrogens (tertiary/aromatic N) is 2. The van der Waals surface area contributed by atoms with Gasteiger partial charge >= 0.3 is 0 Å². The fourth-order valence-corrected chi connectivity index (χ4v) is 15.2. The van der Waals surface area contributed by atoms with Crippen molar-refractivity contribution in [3.63, 3.8) is 0 Å². The second-order valence-corrected chi connectivity index (χ2v) is 22.8. The molecule has 2 fully saturated rings. The quantitative estimate of drug-likeness (QED) is 0.0891. The first-order chi connectivity index (χ1) is 30.6. The summed E-state index contributed by atoms with van der Waals surface area (Å²) in [5.74, 6) is 2.77. The van der Waals surface area contributed by atoms with Crippen LogP contribution < -0.4 is 21.2 Å². The monoisotopic (exact) mass is 932 g/mol. The summed E-state index contributed by atoms with van der Waals surface area (Å²) in [5.41, 5.74) is 16.2. The number of aryl methyl sites for hydroxylation is 8. The Balaban J connectivity index is 0.000000212. The van der Waals surface area contributed by atoms with E-state index in [4.69, 9.17) is 0 Å². The van der Waals surface area contributed by atoms with Crippen molar-refractivity contribution in [3.8, 4) is 0 Å². The summed E-state index contributed by atoms with van der Waals surface area (Å²) in [6.07, 6.45) is 14.1. The summed E-state index contributed by atoms with van der Waals surface area (Å²) in [7, 11) is 7.41. The first-order valence-corrected chi connectivity index (χ1v) is 25.2. The van der Waals surface area contributed by atoms with Gasteiger partial charge in [-0.25, -0.2) is 0 Å². The predicted octanol–water partition coefficient (Wildman–Crippen LogP) is 12.8. The van der Waals surface area contributed by atoms with Crippen LogP contribution in [0.25, 0.3) is 0 Å². The molecule has 2 nitrogen and oxygen atoms in total. The van der Waals surface area contributed by atoms with Crippen molar-refractivity contribution >= 4 is 37.1 Å². The van der Waals surface area contributed by atoms with Crippen LogP contribution in [-0.4, -0.2) is 38.0 Å². The summed E-state index contributed by atoms with van der Waals surface area (Å²) in [4.78, 5) is 4.65. The van der Waals surface area contributed by atoms with E-state index < -0.39 is 15.8 Å². The van der Waals surface area contributed by atoms with Crippen molar-refractivity contribution in [3.05, 3.63) is 251 Å². The molecule has 0 spiro atoms. The second-order valence-electron chi connectivity index (χ2n) is 18.4. The van der Waals surface area contributed by atoms with Crippen LogP contribution >= 0.6 is 15.8 Å². The van der Waals surface area contributed by atoms with Gasteiger partial charge in [-0.2, -0.15) is 0 Å². The number of benzene rings is 6. The van der Waals surface area contributed by atoms with Gasteiger partial charge in [-0.05, 0) is 170 Å². The summed E-state index contributed by atoms with van der Waals surface area (Å²) in [6.45, 7) is 17.7. The Morgan fingerprint density at radius 2 is 0.738 bits per heavy atom. The smallest absolute Gasteiger partial charge is 0.0417 e. The van der Waals surface area contributed by atoms with Crippen LogP contribution in [0.5, 0.6) is 0 Å². The maximum atomic E-state index is 2.44. The second kappa shape index (κ2) is 23.1. The molecule has 0 heterocycles.